The number of alkyl halides is 3. The van der Waals surface area contributed by atoms with E-state index in [0.29, 0.717) is 48.5 Å². The van der Waals surface area contributed by atoms with Crippen LogP contribution in [0, 0.1) is 5.92 Å². The Kier molecular flexibility index (Phi) is 11.2. The van der Waals surface area contributed by atoms with Gasteiger partial charge in [-0.3, -0.25) is 9.36 Å². The Morgan fingerprint density at radius 1 is 1.18 bits per heavy atom. The van der Waals surface area contributed by atoms with Crippen LogP contribution in [0.4, 0.5) is 19.0 Å². The molecule has 0 aromatic carbocycles. The highest BCUT2D eigenvalue weighted by Gasteiger charge is 2.38. The van der Waals surface area contributed by atoms with Crippen LogP contribution in [0.3, 0.4) is 0 Å². The van der Waals surface area contributed by atoms with Gasteiger partial charge in [-0.1, -0.05) is 6.92 Å². The summed E-state index contributed by atoms with van der Waals surface area (Å²) in [6.07, 6.45) is 1.54. The van der Waals surface area contributed by atoms with E-state index < -0.39 is 12.1 Å². The van der Waals surface area contributed by atoms with E-state index in [9.17, 15) is 18.0 Å². The Morgan fingerprint density at radius 2 is 1.88 bits per heavy atom. The van der Waals surface area contributed by atoms with Gasteiger partial charge in [-0.05, 0) is 50.4 Å². The Morgan fingerprint density at radius 3 is 2.48 bits per heavy atom. The minimum Gasteiger partial charge on any atom is -0.481 e. The number of carboxylic acid groups (broad SMARTS) is 1. The maximum Gasteiger partial charge on any atom is 0.490 e. The standard InChI is InChI=1S/C24H32N6O3.C2HF3O2/c1-3-11-33-12-10-30-20-13-19(18-4-5-21(32-2)26-15-18)16-28-22(20)29-23(24(30)31)27-14-17-6-8-25-9-7-17;3-2(4,5)1(6)7/h4-5,13,15-17,25H,3,6-12,14H2,1-2H3,(H,27,28,29);(H,6,7). The fourth-order valence-corrected chi connectivity index (χ4v) is 4.02. The largest absolute Gasteiger partial charge is 0.490 e. The lowest BCUT2D eigenvalue weighted by atomic mass is 9.98. The van der Waals surface area contributed by atoms with Crippen molar-refractivity contribution in [2.75, 3.05) is 45.3 Å². The number of halogens is 3. The molecule has 1 fully saturated rings. The van der Waals surface area contributed by atoms with E-state index >= 15 is 0 Å². The molecule has 0 unspecified atom stereocenters. The number of rotatable bonds is 10. The summed E-state index contributed by atoms with van der Waals surface area (Å²) in [6, 6.07) is 5.66. The van der Waals surface area contributed by atoms with Crippen molar-refractivity contribution in [3.05, 3.63) is 40.9 Å². The Labute approximate surface area is 228 Å². The molecule has 0 aliphatic carbocycles. The Balaban J connectivity index is 0.000000559. The quantitative estimate of drug-likeness (QED) is 0.313. The monoisotopic (exact) mass is 566 g/mol. The Bertz CT molecular complexity index is 1310. The highest BCUT2D eigenvalue weighted by atomic mass is 19.4. The molecule has 3 aromatic rings. The predicted octanol–water partition coefficient (Wildman–Crippen LogP) is 3.33. The fourth-order valence-electron chi connectivity index (χ4n) is 4.02. The van der Waals surface area contributed by atoms with Gasteiger partial charge >= 0.3 is 12.1 Å². The highest BCUT2D eigenvalue weighted by molar-refractivity contribution is 5.79. The number of nitrogens with one attached hydrogen (secondary N) is 2. The zero-order chi connectivity index (χ0) is 29.1. The number of aromatic nitrogens is 4. The third-order valence-electron chi connectivity index (χ3n) is 6.15. The van der Waals surface area contributed by atoms with Crippen LogP contribution in [0.25, 0.3) is 22.3 Å². The summed E-state index contributed by atoms with van der Waals surface area (Å²) in [5.74, 6) is -1.33. The lowest BCUT2D eigenvalue weighted by Crippen LogP contribution is -2.33. The van der Waals surface area contributed by atoms with Crippen LogP contribution in [0.2, 0.25) is 0 Å². The first-order valence-electron chi connectivity index (χ1n) is 12.9. The lowest BCUT2D eigenvalue weighted by Gasteiger charge is -2.23. The van der Waals surface area contributed by atoms with Crippen molar-refractivity contribution in [2.45, 2.75) is 38.9 Å². The molecule has 11 nitrogen and oxygen atoms in total. The molecule has 3 aromatic heterocycles. The second-order valence-corrected chi connectivity index (χ2v) is 9.06. The third-order valence-corrected chi connectivity index (χ3v) is 6.15. The molecule has 40 heavy (non-hydrogen) atoms. The van der Waals surface area contributed by atoms with Gasteiger partial charge < -0.3 is 25.2 Å². The SMILES string of the molecule is CCCOCCn1c(=O)c(NCC2CCNCC2)nc2ncc(-c3ccc(OC)nc3)cc21.O=C(O)C(F)(F)F. The van der Waals surface area contributed by atoms with Gasteiger partial charge in [0.2, 0.25) is 5.88 Å². The number of anilines is 1. The molecule has 218 valence electrons. The van der Waals surface area contributed by atoms with Gasteiger partial charge in [-0.2, -0.15) is 13.2 Å². The van der Waals surface area contributed by atoms with Gasteiger partial charge in [0.25, 0.3) is 5.56 Å². The number of methoxy groups -OCH3 is 1. The molecule has 4 rings (SSSR count). The maximum atomic E-state index is 13.4. The summed E-state index contributed by atoms with van der Waals surface area (Å²) >= 11 is 0. The second-order valence-electron chi connectivity index (χ2n) is 9.06. The normalized spacial score (nSPS) is 13.9. The smallest absolute Gasteiger partial charge is 0.481 e. The molecule has 0 saturated carbocycles. The number of ether oxygens (including phenoxy) is 2. The molecule has 0 radical (unpaired) electrons. The zero-order valence-corrected chi connectivity index (χ0v) is 22.3. The first kappa shape index (κ1) is 30.8. The average Bonchev–Trinajstić information content (AvgIpc) is 2.95. The van der Waals surface area contributed by atoms with Gasteiger partial charge in [0.1, 0.15) is 0 Å². The molecule has 0 spiro atoms. The third kappa shape index (κ3) is 8.61. The number of carbonyl (C=O) groups is 1. The van der Waals surface area contributed by atoms with Gasteiger partial charge in [-0.15, -0.1) is 0 Å². The van der Waals surface area contributed by atoms with E-state index in [1.165, 1.54) is 0 Å². The topological polar surface area (TPSA) is 140 Å². The second kappa shape index (κ2) is 14.6. The molecule has 0 amide bonds. The van der Waals surface area contributed by atoms with Crippen LogP contribution in [-0.2, 0) is 16.1 Å². The minimum absolute atomic E-state index is 0.150. The number of carboxylic acids is 1. The summed E-state index contributed by atoms with van der Waals surface area (Å²) in [7, 11) is 1.58. The number of piperidine rings is 1. The first-order chi connectivity index (χ1) is 19.1. The van der Waals surface area contributed by atoms with Crippen molar-refractivity contribution >= 4 is 23.0 Å². The van der Waals surface area contributed by atoms with Crippen molar-refractivity contribution in [3.8, 4) is 17.0 Å². The molecule has 1 saturated heterocycles. The summed E-state index contributed by atoms with van der Waals surface area (Å²) in [5.41, 5.74) is 2.81. The summed E-state index contributed by atoms with van der Waals surface area (Å²) in [6.45, 7) is 6.38. The van der Waals surface area contributed by atoms with Crippen molar-refractivity contribution in [3.63, 3.8) is 0 Å². The van der Waals surface area contributed by atoms with Gasteiger partial charge in [0.05, 0.1) is 19.2 Å². The van der Waals surface area contributed by atoms with Crippen LogP contribution >= 0.6 is 0 Å². The summed E-state index contributed by atoms with van der Waals surface area (Å²) in [4.78, 5) is 35.7. The number of nitrogens with zero attached hydrogens (tertiary/aromatic N) is 4. The van der Waals surface area contributed by atoms with Crippen LogP contribution in [0.15, 0.2) is 35.4 Å². The fraction of sp³-hybridized carbons (Fsp3) is 0.500. The first-order valence-corrected chi connectivity index (χ1v) is 12.9. The molecule has 0 bridgehead atoms. The molecule has 1 aliphatic heterocycles. The van der Waals surface area contributed by atoms with Crippen molar-refractivity contribution in [2.24, 2.45) is 5.92 Å². The Hall–Kier alpha value is -3.78. The van der Waals surface area contributed by atoms with Crippen LogP contribution in [-0.4, -0.2) is 76.7 Å². The molecule has 14 heteroatoms. The molecule has 3 N–H and O–H groups in total. The van der Waals surface area contributed by atoms with Crippen molar-refractivity contribution in [1.82, 2.24) is 24.8 Å². The van der Waals surface area contributed by atoms with E-state index in [2.05, 4.69) is 32.5 Å². The summed E-state index contributed by atoms with van der Waals surface area (Å²) in [5, 5.41) is 13.8. The van der Waals surface area contributed by atoms with Gasteiger partial charge in [0.15, 0.2) is 11.5 Å². The number of fused-ring (bicyclic) bond motifs is 1. The van der Waals surface area contributed by atoms with E-state index in [1.54, 1.807) is 30.1 Å². The maximum absolute atomic E-state index is 13.4. The minimum atomic E-state index is -5.08. The van der Waals surface area contributed by atoms with E-state index in [1.807, 2.05) is 12.1 Å². The van der Waals surface area contributed by atoms with Crippen LogP contribution < -0.4 is 20.9 Å². The van der Waals surface area contributed by atoms with E-state index in [-0.39, 0.29) is 5.56 Å². The van der Waals surface area contributed by atoms with E-state index in [0.717, 1.165) is 50.0 Å². The number of aliphatic carboxylic acids is 1. The zero-order valence-electron chi connectivity index (χ0n) is 22.3. The lowest BCUT2D eigenvalue weighted by molar-refractivity contribution is -0.192. The van der Waals surface area contributed by atoms with Crippen molar-refractivity contribution < 1.29 is 32.5 Å². The highest BCUT2D eigenvalue weighted by Crippen LogP contribution is 2.23. The average molecular weight is 567 g/mol. The molecule has 0 atom stereocenters. The van der Waals surface area contributed by atoms with Crippen molar-refractivity contribution in [1.29, 1.82) is 0 Å². The van der Waals surface area contributed by atoms with Crippen LogP contribution in [0.5, 0.6) is 5.88 Å². The van der Waals surface area contributed by atoms with Gasteiger partial charge in [-0.25, -0.2) is 19.7 Å². The van der Waals surface area contributed by atoms with Crippen LogP contribution in [0.1, 0.15) is 26.2 Å². The molecule has 4 heterocycles. The van der Waals surface area contributed by atoms with Gasteiger partial charge in [0, 0.05) is 49.3 Å². The molecular formula is C26H33F3N6O5. The summed E-state index contributed by atoms with van der Waals surface area (Å²) < 4.78 is 44.3. The number of hydrogen-bond donors (Lipinski definition) is 3. The molecule has 1 aliphatic rings. The predicted molar refractivity (Wildman–Crippen MR) is 142 cm³/mol. The van der Waals surface area contributed by atoms with E-state index in [4.69, 9.17) is 19.4 Å². The molecular weight excluding hydrogens is 533 g/mol. The number of hydrogen-bond acceptors (Lipinski definition) is 9. The number of pyridine rings is 2.